The topological polar surface area (TPSA) is 98.8 Å². The summed E-state index contributed by atoms with van der Waals surface area (Å²) >= 11 is 0. The smallest absolute Gasteiger partial charge is 0.343 e. The summed E-state index contributed by atoms with van der Waals surface area (Å²) in [6.45, 7) is 7.38. The highest BCUT2D eigenvalue weighted by Gasteiger charge is 2.44. The van der Waals surface area contributed by atoms with Crippen molar-refractivity contribution in [2.75, 3.05) is 21.0 Å². The van der Waals surface area contributed by atoms with Gasteiger partial charge in [0.05, 0.1) is 13.2 Å². The number of ketones is 1. The Morgan fingerprint density at radius 1 is 1.00 bits per heavy atom. The third kappa shape index (κ3) is 7.75. The van der Waals surface area contributed by atoms with Crippen LogP contribution in [0.4, 0.5) is 0 Å². The summed E-state index contributed by atoms with van der Waals surface area (Å²) in [5, 5.41) is 0. The maximum Gasteiger partial charge on any atom is 0.343 e. The first-order valence-corrected chi connectivity index (χ1v) is 13.6. The zero-order valence-corrected chi connectivity index (χ0v) is 24.4. The molecule has 0 spiro atoms. The van der Waals surface area contributed by atoms with Crippen molar-refractivity contribution >= 4 is 17.8 Å². The van der Waals surface area contributed by atoms with Crippen molar-refractivity contribution < 1.29 is 42.7 Å². The molecule has 0 radical (unpaired) electrons. The molecule has 2 aromatic carbocycles. The molecular weight excluding hydrogens is 528 g/mol. The zero-order valence-electron chi connectivity index (χ0n) is 24.4. The van der Waals surface area contributed by atoms with E-state index in [4.69, 9.17) is 33.2 Å². The number of rotatable bonds is 7. The van der Waals surface area contributed by atoms with Gasteiger partial charge in [0.25, 0.3) is 0 Å². The highest BCUT2D eigenvalue weighted by molar-refractivity contribution is 5.97. The summed E-state index contributed by atoms with van der Waals surface area (Å²) in [5.41, 5.74) is 2.45. The molecule has 220 valence electrons. The number of allylic oxidation sites excluding steroid dienone is 1. The van der Waals surface area contributed by atoms with E-state index >= 15 is 0 Å². The van der Waals surface area contributed by atoms with E-state index in [1.165, 1.54) is 7.11 Å². The van der Waals surface area contributed by atoms with Crippen LogP contribution in [0.25, 0.3) is 6.08 Å². The van der Waals surface area contributed by atoms with Gasteiger partial charge < -0.3 is 33.2 Å². The Kier molecular flexibility index (Phi) is 9.86. The quantitative estimate of drug-likeness (QED) is 0.239. The molecule has 2 aromatic rings. The molecule has 0 aromatic heterocycles. The number of Topliss-reactive ketones (excluding diaryl/α,β-unsaturated/α-hetero) is 1. The molecule has 0 bridgehead atoms. The zero-order chi connectivity index (χ0) is 29.6. The van der Waals surface area contributed by atoms with Gasteiger partial charge in [0.15, 0.2) is 18.4 Å². The van der Waals surface area contributed by atoms with Gasteiger partial charge in [0, 0.05) is 19.6 Å². The monoisotopic (exact) mass is 566 g/mol. The third-order valence-corrected chi connectivity index (χ3v) is 6.92. The van der Waals surface area contributed by atoms with E-state index in [-0.39, 0.29) is 36.9 Å². The van der Waals surface area contributed by atoms with Crippen LogP contribution >= 0.6 is 0 Å². The van der Waals surface area contributed by atoms with Gasteiger partial charge in [-0.15, -0.1) is 0 Å². The minimum Gasteiger partial charge on any atom is -0.497 e. The number of carbonyl (C=O) groups excluding carboxylic acids is 2. The molecule has 9 heteroatoms. The lowest BCUT2D eigenvalue weighted by atomic mass is 10.00. The third-order valence-electron chi connectivity index (χ3n) is 6.92. The van der Waals surface area contributed by atoms with Crippen LogP contribution < -0.4 is 14.2 Å². The van der Waals surface area contributed by atoms with E-state index in [1.54, 1.807) is 52.2 Å². The van der Waals surface area contributed by atoms with Gasteiger partial charge in [0.2, 0.25) is 0 Å². The molecule has 2 aliphatic rings. The lowest BCUT2D eigenvalue weighted by Crippen LogP contribution is -2.31. The van der Waals surface area contributed by atoms with E-state index in [0.717, 1.165) is 16.9 Å². The Morgan fingerprint density at radius 2 is 1.76 bits per heavy atom. The van der Waals surface area contributed by atoms with Gasteiger partial charge in [-0.05, 0) is 69.0 Å². The summed E-state index contributed by atoms with van der Waals surface area (Å²) in [4.78, 5) is 26.6. The van der Waals surface area contributed by atoms with Crippen molar-refractivity contribution in [2.45, 2.75) is 71.2 Å². The van der Waals surface area contributed by atoms with Crippen molar-refractivity contribution in [1.82, 2.24) is 0 Å². The fraction of sp³-hybridized carbons (Fsp3) is 0.438. The van der Waals surface area contributed by atoms with Crippen LogP contribution in [0.1, 0.15) is 62.0 Å². The first-order valence-electron chi connectivity index (χ1n) is 13.6. The fourth-order valence-electron chi connectivity index (χ4n) is 4.63. The average Bonchev–Trinajstić information content (AvgIpc) is 3.27. The van der Waals surface area contributed by atoms with Gasteiger partial charge >= 0.3 is 5.97 Å². The Hall–Kier alpha value is -3.66. The van der Waals surface area contributed by atoms with Crippen molar-refractivity contribution in [3.8, 4) is 17.2 Å². The van der Waals surface area contributed by atoms with Crippen LogP contribution in [0, 0.1) is 0 Å². The molecule has 1 unspecified atom stereocenters. The van der Waals surface area contributed by atoms with Crippen LogP contribution in [-0.2, 0) is 30.3 Å². The maximum atomic E-state index is 13.5. The number of hydrogen-bond acceptors (Lipinski definition) is 9. The number of fused-ring (bicyclic) bond motifs is 2. The molecule has 4 rings (SSSR count). The predicted molar refractivity (Wildman–Crippen MR) is 152 cm³/mol. The van der Waals surface area contributed by atoms with Gasteiger partial charge in [-0.25, -0.2) is 4.79 Å². The minimum atomic E-state index is -0.889. The number of hydrogen-bond donors (Lipinski definition) is 0. The number of esters is 1. The van der Waals surface area contributed by atoms with Crippen molar-refractivity contribution in [1.29, 1.82) is 0 Å². The number of cyclic esters (lactones) is 1. The lowest BCUT2D eigenvalue weighted by molar-refractivity contribution is -0.154. The van der Waals surface area contributed by atoms with Gasteiger partial charge in [0.1, 0.15) is 41.6 Å². The predicted octanol–water partition coefficient (Wildman–Crippen LogP) is 5.64. The number of carbonyl (C=O) groups is 2. The minimum absolute atomic E-state index is 0.0774. The molecule has 0 N–H and O–H groups in total. The highest BCUT2D eigenvalue weighted by Crippen LogP contribution is 2.35. The number of ether oxygens (including phenoxy) is 7. The Balaban J connectivity index is 1.72. The normalized spacial score (nSPS) is 22.6. The summed E-state index contributed by atoms with van der Waals surface area (Å²) in [5.74, 6) is -0.0433. The molecule has 1 fully saturated rings. The van der Waals surface area contributed by atoms with Crippen LogP contribution in [-0.4, -0.2) is 56.9 Å². The molecule has 41 heavy (non-hydrogen) atoms. The Morgan fingerprint density at radius 3 is 2.46 bits per heavy atom. The van der Waals surface area contributed by atoms with Crippen LogP contribution in [0.3, 0.4) is 0 Å². The Bertz CT molecular complexity index is 1290. The molecule has 3 atom stereocenters. The number of benzene rings is 2. The second kappa shape index (κ2) is 13.3. The van der Waals surface area contributed by atoms with Crippen molar-refractivity contribution in [2.24, 2.45) is 0 Å². The standard InChI is InChI=1S/C32H38O9/c1-20-10-15-26(33)30-27(40-32(3,4)41-30)9-7-8-23-16-25(37-18-22-11-13-24(36-6)14-12-22)17-28(38-19-35-5)29(23)31(34)39-21(20)2/h7-8,10-14,16-17,21,27,30H,9,15,18-19H2,1-6H3/t21-,27-,30?/m0/s1. The first kappa shape index (κ1) is 30.3. The van der Waals surface area contributed by atoms with Crippen LogP contribution in [0.15, 0.2) is 54.1 Å². The van der Waals surface area contributed by atoms with Crippen LogP contribution in [0.2, 0.25) is 0 Å². The fourth-order valence-corrected chi connectivity index (χ4v) is 4.63. The molecule has 0 saturated carbocycles. The molecule has 0 amide bonds. The summed E-state index contributed by atoms with van der Waals surface area (Å²) in [6, 6.07) is 11.0. The molecule has 1 saturated heterocycles. The van der Waals surface area contributed by atoms with Crippen molar-refractivity contribution in [3.05, 3.63) is 70.8 Å². The number of methoxy groups -OCH3 is 2. The first-order chi connectivity index (χ1) is 19.6. The van der Waals surface area contributed by atoms with E-state index in [9.17, 15) is 9.59 Å². The maximum absolute atomic E-state index is 13.5. The van der Waals surface area contributed by atoms with Gasteiger partial charge in [-0.2, -0.15) is 0 Å². The second-order valence-electron chi connectivity index (χ2n) is 10.5. The average molecular weight is 567 g/mol. The molecule has 2 heterocycles. The molecular formula is C32H38O9. The van der Waals surface area contributed by atoms with E-state index in [1.807, 2.05) is 37.3 Å². The summed E-state index contributed by atoms with van der Waals surface area (Å²) in [7, 11) is 3.12. The molecule has 2 aliphatic heterocycles. The second-order valence-corrected chi connectivity index (χ2v) is 10.5. The van der Waals surface area contributed by atoms with Gasteiger partial charge in [-0.3, -0.25) is 4.79 Å². The van der Waals surface area contributed by atoms with Gasteiger partial charge in [-0.1, -0.05) is 30.4 Å². The molecule has 0 aliphatic carbocycles. The lowest BCUT2D eigenvalue weighted by Gasteiger charge is -2.20. The van der Waals surface area contributed by atoms with E-state index in [2.05, 4.69) is 0 Å². The highest BCUT2D eigenvalue weighted by atomic mass is 16.8. The largest absolute Gasteiger partial charge is 0.497 e. The van der Waals surface area contributed by atoms with Crippen LogP contribution in [0.5, 0.6) is 17.2 Å². The SMILES string of the molecule is COCOc1cc(OCc2ccc(OC)cc2)cc2c1C(=O)O[C@@H](C)C(C)=CCC(=O)C1OC(C)(C)O[C@H]1CC=C2. The van der Waals surface area contributed by atoms with E-state index < -0.39 is 30.1 Å². The van der Waals surface area contributed by atoms with E-state index in [0.29, 0.717) is 17.7 Å². The molecule has 9 nitrogen and oxygen atoms in total. The summed E-state index contributed by atoms with van der Waals surface area (Å²) in [6.07, 6.45) is 4.18. The van der Waals surface area contributed by atoms with Crippen molar-refractivity contribution in [3.63, 3.8) is 0 Å². The summed E-state index contributed by atoms with van der Waals surface area (Å²) < 4.78 is 40.1. The Labute approximate surface area is 241 Å².